The highest BCUT2D eigenvalue weighted by atomic mass is 19.1. The molecule has 30 heavy (non-hydrogen) atoms. The van der Waals surface area contributed by atoms with Crippen LogP contribution in [0.2, 0.25) is 0 Å². The summed E-state index contributed by atoms with van der Waals surface area (Å²) in [7, 11) is 2.87. The number of alkyl carbamates (subject to hydrolysis) is 1. The number of nitrogens with one attached hydrogen (secondary N) is 3. The fourth-order valence-corrected chi connectivity index (χ4v) is 2.61. The van der Waals surface area contributed by atoms with E-state index in [-0.39, 0.29) is 16.9 Å². The molecule has 0 saturated heterocycles. The van der Waals surface area contributed by atoms with E-state index in [0.29, 0.717) is 11.4 Å². The number of halogens is 2. The van der Waals surface area contributed by atoms with E-state index >= 15 is 0 Å². The Kier molecular flexibility index (Phi) is 6.06. The SMILES string of the molecule is COC(=O)c1ccc(C2=C(NC(=O)O[C@H](C)c3cc(F)cnc3F)N(C)NN2)nc1. The molecule has 0 unspecified atom stereocenters. The summed E-state index contributed by atoms with van der Waals surface area (Å²) >= 11 is 0. The summed E-state index contributed by atoms with van der Waals surface area (Å²) in [6.45, 7) is 1.39. The lowest BCUT2D eigenvalue weighted by Gasteiger charge is -2.18. The summed E-state index contributed by atoms with van der Waals surface area (Å²) < 4.78 is 36.8. The zero-order valence-electron chi connectivity index (χ0n) is 16.2. The Morgan fingerprint density at radius 1 is 1.23 bits per heavy atom. The molecule has 2 aromatic rings. The number of hydrogen-bond donors (Lipinski definition) is 3. The molecule has 0 radical (unpaired) electrons. The van der Waals surface area contributed by atoms with Crippen LogP contribution in [0.1, 0.15) is 34.6 Å². The number of carbonyl (C=O) groups is 2. The van der Waals surface area contributed by atoms with Crippen molar-refractivity contribution in [2.45, 2.75) is 13.0 Å². The summed E-state index contributed by atoms with van der Waals surface area (Å²) in [6.07, 6.45) is 0.0438. The number of methoxy groups -OCH3 is 1. The van der Waals surface area contributed by atoms with Crippen LogP contribution in [0, 0.1) is 11.8 Å². The normalized spacial score (nSPS) is 14.2. The van der Waals surface area contributed by atoms with Crippen molar-refractivity contribution >= 4 is 17.8 Å². The number of ether oxygens (including phenoxy) is 2. The topological polar surface area (TPSA) is 118 Å². The Balaban J connectivity index is 1.76. The molecule has 3 N–H and O–H groups in total. The third kappa shape index (κ3) is 4.43. The fraction of sp³-hybridized carbons (Fsp3) is 0.222. The number of hydrogen-bond acceptors (Lipinski definition) is 9. The number of esters is 1. The van der Waals surface area contributed by atoms with Gasteiger partial charge < -0.3 is 9.47 Å². The van der Waals surface area contributed by atoms with Gasteiger partial charge in [0.1, 0.15) is 17.6 Å². The third-order valence-corrected chi connectivity index (χ3v) is 4.14. The summed E-state index contributed by atoms with van der Waals surface area (Å²) in [5, 5.41) is 3.96. The first-order chi connectivity index (χ1) is 14.3. The molecule has 0 spiro atoms. The monoisotopic (exact) mass is 420 g/mol. The van der Waals surface area contributed by atoms with Crippen molar-refractivity contribution in [2.24, 2.45) is 0 Å². The highest BCUT2D eigenvalue weighted by Gasteiger charge is 2.25. The molecule has 3 heterocycles. The van der Waals surface area contributed by atoms with Crippen molar-refractivity contribution in [3.8, 4) is 0 Å². The number of hydrazine groups is 2. The first-order valence-corrected chi connectivity index (χ1v) is 8.63. The average Bonchev–Trinajstić information content (AvgIpc) is 3.09. The molecule has 1 aliphatic rings. The molecule has 2 aromatic heterocycles. The molecule has 158 valence electrons. The first-order valence-electron chi connectivity index (χ1n) is 8.63. The third-order valence-electron chi connectivity index (χ3n) is 4.14. The number of aromatic nitrogens is 2. The second-order valence-electron chi connectivity index (χ2n) is 6.15. The van der Waals surface area contributed by atoms with E-state index in [1.54, 1.807) is 13.1 Å². The molecule has 0 saturated carbocycles. The maximum atomic E-state index is 13.8. The van der Waals surface area contributed by atoms with Gasteiger partial charge in [0.25, 0.3) is 0 Å². The van der Waals surface area contributed by atoms with Gasteiger partial charge >= 0.3 is 12.1 Å². The van der Waals surface area contributed by atoms with Crippen molar-refractivity contribution in [3.63, 3.8) is 0 Å². The zero-order chi connectivity index (χ0) is 21.8. The van der Waals surface area contributed by atoms with E-state index in [2.05, 4.69) is 31.0 Å². The lowest BCUT2D eigenvalue weighted by atomic mass is 10.2. The smallest absolute Gasteiger partial charge is 0.413 e. The zero-order valence-corrected chi connectivity index (χ0v) is 16.2. The lowest BCUT2D eigenvalue weighted by Crippen LogP contribution is -2.39. The molecular formula is C18H18F2N6O4. The second-order valence-corrected chi connectivity index (χ2v) is 6.15. The van der Waals surface area contributed by atoms with Gasteiger partial charge in [0, 0.05) is 13.2 Å². The van der Waals surface area contributed by atoms with Crippen molar-refractivity contribution in [1.82, 2.24) is 31.3 Å². The molecule has 10 nitrogen and oxygen atoms in total. The molecule has 3 rings (SSSR count). The van der Waals surface area contributed by atoms with Gasteiger partial charge in [-0.3, -0.25) is 20.7 Å². The number of pyridine rings is 2. The van der Waals surface area contributed by atoms with Gasteiger partial charge in [0.2, 0.25) is 5.95 Å². The van der Waals surface area contributed by atoms with Crippen LogP contribution in [0.25, 0.3) is 5.70 Å². The van der Waals surface area contributed by atoms with E-state index in [1.165, 1.54) is 31.3 Å². The van der Waals surface area contributed by atoms with E-state index in [0.717, 1.165) is 12.3 Å². The van der Waals surface area contributed by atoms with Gasteiger partial charge in [0.15, 0.2) is 5.82 Å². The standard InChI is InChI=1S/C18H18F2N6O4/c1-9(12-6-11(19)8-22-15(12)20)30-18(28)23-16-14(24-25-26(16)2)13-5-4-10(7-21-13)17(27)29-3/h4-9,24-25H,1-3H3,(H,23,28)/t9-/m1/s1. The Bertz CT molecular complexity index is 999. The van der Waals surface area contributed by atoms with E-state index < -0.39 is 29.9 Å². The van der Waals surface area contributed by atoms with Gasteiger partial charge in [-0.15, -0.1) is 5.53 Å². The highest BCUT2D eigenvalue weighted by molar-refractivity contribution is 5.89. The molecule has 1 aliphatic heterocycles. The van der Waals surface area contributed by atoms with Crippen molar-refractivity contribution in [3.05, 3.63) is 65.0 Å². The first kappa shape index (κ1) is 20.9. The maximum absolute atomic E-state index is 13.8. The van der Waals surface area contributed by atoms with Crippen LogP contribution in [0.4, 0.5) is 13.6 Å². The summed E-state index contributed by atoms with van der Waals surface area (Å²) in [5.41, 5.74) is 6.44. The number of nitrogens with zero attached hydrogens (tertiary/aromatic N) is 3. The summed E-state index contributed by atoms with van der Waals surface area (Å²) in [6, 6.07) is 3.97. The van der Waals surface area contributed by atoms with Crippen molar-refractivity contribution in [1.29, 1.82) is 0 Å². The Hall–Kier alpha value is -3.80. The molecule has 0 aromatic carbocycles. The predicted octanol–water partition coefficient (Wildman–Crippen LogP) is 1.61. The number of rotatable bonds is 5. The highest BCUT2D eigenvalue weighted by Crippen LogP contribution is 2.21. The maximum Gasteiger partial charge on any atom is 0.413 e. The van der Waals surface area contributed by atoms with Gasteiger partial charge in [0.05, 0.1) is 30.1 Å². The van der Waals surface area contributed by atoms with Crippen LogP contribution in [0.15, 0.2) is 36.4 Å². The van der Waals surface area contributed by atoms with Crippen LogP contribution in [-0.4, -0.2) is 41.2 Å². The van der Waals surface area contributed by atoms with E-state index in [1.807, 2.05) is 0 Å². The quantitative estimate of drug-likeness (QED) is 0.490. The minimum Gasteiger partial charge on any atom is -0.465 e. The summed E-state index contributed by atoms with van der Waals surface area (Å²) in [4.78, 5) is 31.3. The molecule has 1 atom stereocenters. The number of amides is 1. The Labute approximate surface area is 169 Å². The van der Waals surface area contributed by atoms with Crippen LogP contribution < -0.4 is 16.3 Å². The van der Waals surface area contributed by atoms with Crippen LogP contribution in [0.3, 0.4) is 0 Å². The Morgan fingerprint density at radius 2 is 2.00 bits per heavy atom. The average molecular weight is 420 g/mol. The van der Waals surface area contributed by atoms with E-state index in [9.17, 15) is 18.4 Å². The minimum atomic E-state index is -1.10. The predicted molar refractivity (Wildman–Crippen MR) is 98.7 cm³/mol. The van der Waals surface area contributed by atoms with Gasteiger partial charge in [-0.25, -0.2) is 19.0 Å². The molecule has 1 amide bonds. The number of carbonyl (C=O) groups excluding carboxylic acids is 2. The van der Waals surface area contributed by atoms with Gasteiger partial charge in [-0.1, -0.05) is 0 Å². The van der Waals surface area contributed by atoms with Crippen LogP contribution in [-0.2, 0) is 9.47 Å². The minimum absolute atomic E-state index is 0.199. The van der Waals surface area contributed by atoms with Gasteiger partial charge in [-0.05, 0) is 25.1 Å². The molecule has 0 aliphatic carbocycles. The fourth-order valence-electron chi connectivity index (χ4n) is 2.61. The molecule has 0 bridgehead atoms. The van der Waals surface area contributed by atoms with Crippen molar-refractivity contribution in [2.75, 3.05) is 14.2 Å². The van der Waals surface area contributed by atoms with Gasteiger partial charge in [-0.2, -0.15) is 4.39 Å². The molecule has 0 fully saturated rings. The second kappa shape index (κ2) is 8.69. The van der Waals surface area contributed by atoms with E-state index in [4.69, 9.17) is 4.74 Å². The lowest BCUT2D eigenvalue weighted by molar-refractivity contribution is 0.0600. The molecular weight excluding hydrogens is 402 g/mol. The molecule has 12 heteroatoms. The van der Waals surface area contributed by atoms with Crippen molar-refractivity contribution < 1.29 is 27.8 Å². The largest absolute Gasteiger partial charge is 0.465 e. The summed E-state index contributed by atoms with van der Waals surface area (Å²) in [5.74, 6) is -1.97. The van der Waals surface area contributed by atoms with Crippen LogP contribution >= 0.6 is 0 Å². The Morgan fingerprint density at radius 3 is 2.67 bits per heavy atom. The van der Waals surface area contributed by atoms with Crippen LogP contribution in [0.5, 0.6) is 0 Å².